The Bertz CT molecular complexity index is 1130. The molecule has 5 heterocycles. The Morgan fingerprint density at radius 1 is 1.06 bits per heavy atom. The van der Waals surface area contributed by atoms with Crippen molar-refractivity contribution in [3.63, 3.8) is 0 Å². The van der Waals surface area contributed by atoms with Gasteiger partial charge in [-0.3, -0.25) is 0 Å². The molecule has 8 heteroatoms. The van der Waals surface area contributed by atoms with Crippen LogP contribution in [0.25, 0.3) is 10.8 Å². The molecule has 0 aliphatic carbocycles. The molecule has 2 fully saturated rings. The van der Waals surface area contributed by atoms with Gasteiger partial charge in [-0.25, -0.2) is 15.0 Å². The molecule has 2 N–H and O–H groups in total. The van der Waals surface area contributed by atoms with Crippen molar-refractivity contribution in [2.24, 2.45) is 11.8 Å². The number of nitrogens with one attached hydrogen (secondary N) is 1. The maximum absolute atomic E-state index is 9.39. The van der Waals surface area contributed by atoms with Crippen molar-refractivity contribution in [3.05, 3.63) is 36.3 Å². The van der Waals surface area contributed by atoms with Crippen molar-refractivity contribution in [3.8, 4) is 0 Å². The second kappa shape index (κ2) is 9.09. The molecule has 33 heavy (non-hydrogen) atoms. The summed E-state index contributed by atoms with van der Waals surface area (Å²) in [5.74, 6) is 4.57. The van der Waals surface area contributed by atoms with Gasteiger partial charge >= 0.3 is 0 Å². The third-order valence-corrected chi connectivity index (χ3v) is 6.76. The lowest BCUT2D eigenvalue weighted by Gasteiger charge is -2.39. The number of aromatic nitrogens is 4. The number of aliphatic hydroxyl groups excluding tert-OH is 1. The number of anilines is 4. The molecule has 0 aromatic carbocycles. The summed E-state index contributed by atoms with van der Waals surface area (Å²) in [6, 6.07) is 3.99. The number of hydrogen-bond donors (Lipinski definition) is 2. The van der Waals surface area contributed by atoms with Crippen LogP contribution in [0.15, 0.2) is 30.7 Å². The molecule has 0 bridgehead atoms. The lowest BCUT2D eigenvalue weighted by atomic mass is 9.97. The van der Waals surface area contributed by atoms with Crippen molar-refractivity contribution in [2.75, 3.05) is 47.9 Å². The molecule has 3 aromatic heterocycles. The summed E-state index contributed by atoms with van der Waals surface area (Å²) in [7, 11) is 0. The van der Waals surface area contributed by atoms with E-state index < -0.39 is 0 Å². The summed E-state index contributed by atoms with van der Waals surface area (Å²) >= 11 is 0. The van der Waals surface area contributed by atoms with Gasteiger partial charge in [-0.1, -0.05) is 20.8 Å². The van der Waals surface area contributed by atoms with E-state index in [1.807, 2.05) is 24.7 Å². The van der Waals surface area contributed by atoms with Crippen LogP contribution >= 0.6 is 0 Å². The fraction of sp³-hybridized carbons (Fsp3) is 0.520. The highest BCUT2D eigenvalue weighted by molar-refractivity contribution is 5.96. The Kier molecular flexibility index (Phi) is 6.01. The smallest absolute Gasteiger partial charge is 0.227 e. The highest BCUT2D eigenvalue weighted by atomic mass is 16.3. The maximum atomic E-state index is 9.39. The Morgan fingerprint density at radius 2 is 1.91 bits per heavy atom. The number of piperidine rings is 1. The Labute approximate surface area is 195 Å². The molecule has 0 amide bonds. The molecule has 3 aromatic rings. The summed E-state index contributed by atoms with van der Waals surface area (Å²) in [6.07, 6.45) is 8.15. The second-order valence-corrected chi connectivity index (χ2v) is 9.82. The topological polar surface area (TPSA) is 90.3 Å². The van der Waals surface area contributed by atoms with Gasteiger partial charge in [-0.2, -0.15) is 4.98 Å². The van der Waals surface area contributed by atoms with Crippen LogP contribution in [0.3, 0.4) is 0 Å². The van der Waals surface area contributed by atoms with E-state index in [1.165, 1.54) is 18.4 Å². The lowest BCUT2D eigenvalue weighted by Crippen LogP contribution is -2.48. The fourth-order valence-electron chi connectivity index (χ4n) is 4.85. The number of fused-ring (bicyclic) bond motifs is 1. The molecule has 0 radical (unpaired) electrons. The number of hydrogen-bond acceptors (Lipinski definition) is 8. The van der Waals surface area contributed by atoms with E-state index in [0.717, 1.165) is 60.4 Å². The van der Waals surface area contributed by atoms with Gasteiger partial charge in [-0.05, 0) is 47.8 Å². The Balaban J connectivity index is 1.43. The zero-order valence-electron chi connectivity index (χ0n) is 19.7. The van der Waals surface area contributed by atoms with E-state index in [1.54, 1.807) is 0 Å². The summed E-state index contributed by atoms with van der Waals surface area (Å²) in [5, 5.41) is 15.0. The van der Waals surface area contributed by atoms with E-state index >= 15 is 0 Å². The van der Waals surface area contributed by atoms with Gasteiger partial charge in [0.2, 0.25) is 5.95 Å². The number of nitrogens with zero attached hydrogens (tertiary/aromatic N) is 6. The third kappa shape index (κ3) is 4.44. The molecule has 174 valence electrons. The van der Waals surface area contributed by atoms with Crippen molar-refractivity contribution < 1.29 is 5.11 Å². The van der Waals surface area contributed by atoms with E-state index in [0.29, 0.717) is 17.8 Å². The van der Waals surface area contributed by atoms with Crippen LogP contribution in [0.2, 0.25) is 0 Å². The highest BCUT2D eigenvalue weighted by Gasteiger charge is 2.29. The third-order valence-electron chi connectivity index (χ3n) is 6.76. The number of aliphatic hydroxyl groups is 1. The molecule has 5 rings (SSSR count). The van der Waals surface area contributed by atoms with Gasteiger partial charge in [0.05, 0.1) is 0 Å². The average molecular weight is 448 g/mol. The van der Waals surface area contributed by atoms with Gasteiger partial charge in [0.1, 0.15) is 17.5 Å². The van der Waals surface area contributed by atoms with Crippen LogP contribution in [0.5, 0.6) is 0 Å². The largest absolute Gasteiger partial charge is 0.396 e. The summed E-state index contributed by atoms with van der Waals surface area (Å²) < 4.78 is 0. The number of pyridine rings is 2. The minimum atomic E-state index is 0.224. The van der Waals surface area contributed by atoms with E-state index in [4.69, 9.17) is 15.0 Å². The molecular weight excluding hydrogens is 414 g/mol. The molecular formula is C25H33N7O. The van der Waals surface area contributed by atoms with E-state index in [9.17, 15) is 5.11 Å². The summed E-state index contributed by atoms with van der Waals surface area (Å²) in [6.45, 7) is 10.5. The van der Waals surface area contributed by atoms with Gasteiger partial charge in [-0.15, -0.1) is 0 Å². The molecule has 2 aliphatic rings. The molecule has 2 aliphatic heterocycles. The molecule has 1 atom stereocenters. The van der Waals surface area contributed by atoms with Gasteiger partial charge in [0.15, 0.2) is 0 Å². The Morgan fingerprint density at radius 3 is 2.67 bits per heavy atom. The van der Waals surface area contributed by atoms with Crippen LogP contribution in [0.4, 0.5) is 23.4 Å². The van der Waals surface area contributed by atoms with Gasteiger partial charge in [0.25, 0.3) is 0 Å². The normalized spacial score (nSPS) is 19.2. The monoisotopic (exact) mass is 447 g/mol. The predicted molar refractivity (Wildman–Crippen MR) is 132 cm³/mol. The SMILES string of the molecule is CC1CCCN(c2nccc(Nc3cc4c(C(C)C)cnc(N5CC(CO)C5)c4cn3)n2)C1. The first-order chi connectivity index (χ1) is 16.0. The van der Waals surface area contributed by atoms with Crippen molar-refractivity contribution in [1.29, 1.82) is 0 Å². The van der Waals surface area contributed by atoms with Crippen LogP contribution in [0, 0.1) is 11.8 Å². The van der Waals surface area contributed by atoms with Gasteiger partial charge < -0.3 is 20.2 Å². The first-order valence-electron chi connectivity index (χ1n) is 12.0. The van der Waals surface area contributed by atoms with Crippen LogP contribution in [0.1, 0.15) is 45.1 Å². The summed E-state index contributed by atoms with van der Waals surface area (Å²) in [4.78, 5) is 23.2. The molecule has 1 unspecified atom stereocenters. The van der Waals surface area contributed by atoms with Gasteiger partial charge in [0, 0.05) is 62.7 Å². The first-order valence-corrected chi connectivity index (χ1v) is 12.0. The Hall–Kier alpha value is -3.00. The zero-order chi connectivity index (χ0) is 22.9. The molecule has 8 nitrogen and oxygen atoms in total. The highest BCUT2D eigenvalue weighted by Crippen LogP contribution is 2.35. The second-order valence-electron chi connectivity index (χ2n) is 9.82. The van der Waals surface area contributed by atoms with E-state index in [-0.39, 0.29) is 6.61 Å². The quantitative estimate of drug-likeness (QED) is 0.587. The molecule has 0 saturated carbocycles. The fourth-order valence-corrected chi connectivity index (χ4v) is 4.85. The zero-order valence-corrected chi connectivity index (χ0v) is 19.7. The average Bonchev–Trinajstić information content (AvgIpc) is 2.78. The molecule has 0 spiro atoms. The first kappa shape index (κ1) is 21.8. The molecule has 2 saturated heterocycles. The summed E-state index contributed by atoms with van der Waals surface area (Å²) in [5.41, 5.74) is 1.20. The number of rotatable bonds is 6. The van der Waals surface area contributed by atoms with Crippen LogP contribution in [-0.2, 0) is 0 Å². The minimum Gasteiger partial charge on any atom is -0.396 e. The van der Waals surface area contributed by atoms with Crippen LogP contribution < -0.4 is 15.1 Å². The standard InChI is InChI=1S/C25H33N7O/c1-16(2)20-10-28-24(32-13-18(14-32)15-33)21-11-27-23(9-19(20)21)29-22-6-7-26-25(30-22)31-8-4-5-17(3)12-31/h6-7,9-11,16-18,33H,4-5,8,12-15H2,1-3H3,(H,26,27,29,30). The van der Waals surface area contributed by atoms with Crippen molar-refractivity contribution in [2.45, 2.75) is 39.5 Å². The minimum absolute atomic E-state index is 0.224. The predicted octanol–water partition coefficient (Wildman–Crippen LogP) is 3.95. The van der Waals surface area contributed by atoms with Crippen LogP contribution in [-0.4, -0.2) is 57.8 Å². The maximum Gasteiger partial charge on any atom is 0.227 e. The van der Waals surface area contributed by atoms with E-state index in [2.05, 4.69) is 46.9 Å². The van der Waals surface area contributed by atoms with Crippen molar-refractivity contribution in [1.82, 2.24) is 19.9 Å². The van der Waals surface area contributed by atoms with Crippen molar-refractivity contribution >= 4 is 34.2 Å². The lowest BCUT2D eigenvalue weighted by molar-refractivity contribution is 0.200.